The van der Waals surface area contributed by atoms with E-state index in [4.69, 9.17) is 10.9 Å². The lowest BCUT2D eigenvalue weighted by Crippen LogP contribution is -2.27. The highest BCUT2D eigenvalue weighted by Gasteiger charge is 2.01. The van der Waals surface area contributed by atoms with Gasteiger partial charge in [-0.1, -0.05) is 0 Å². The van der Waals surface area contributed by atoms with Crippen LogP contribution in [0, 0.1) is 0 Å². The van der Waals surface area contributed by atoms with Gasteiger partial charge in [0.25, 0.3) is 0 Å². The zero-order valence-corrected chi connectivity index (χ0v) is 4.28. The van der Waals surface area contributed by atoms with E-state index in [1.807, 2.05) is 0 Å². The first-order valence-corrected chi connectivity index (χ1v) is 2.24. The van der Waals surface area contributed by atoms with Crippen molar-refractivity contribution in [3.63, 3.8) is 0 Å². The summed E-state index contributed by atoms with van der Waals surface area (Å²) in [6, 6.07) is 0. The molecule has 1 aliphatic heterocycles. The van der Waals surface area contributed by atoms with Gasteiger partial charge in [-0.3, -0.25) is 10.2 Å². The molecule has 0 fully saturated rings. The Morgan fingerprint density at radius 3 is 3.00 bits per heavy atom. The average Bonchev–Trinajstić information content (AvgIpc) is 1.77. The highest BCUT2D eigenvalue weighted by atomic mass is 16.5. The molecule has 0 saturated carbocycles. The summed E-state index contributed by atoms with van der Waals surface area (Å²) in [4.78, 5) is 3.69. The molecule has 1 rings (SSSR count). The smallest absolute Gasteiger partial charge is 0.142 e. The molecule has 8 heavy (non-hydrogen) atoms. The molecule has 4 nitrogen and oxygen atoms in total. The van der Waals surface area contributed by atoms with Gasteiger partial charge in [0.15, 0.2) is 0 Å². The molecule has 3 N–H and O–H groups in total. The van der Waals surface area contributed by atoms with Crippen LogP contribution in [0.25, 0.3) is 0 Å². The van der Waals surface area contributed by atoms with Gasteiger partial charge in [0.1, 0.15) is 5.82 Å². The van der Waals surface area contributed by atoms with Crippen molar-refractivity contribution >= 4 is 6.21 Å². The predicted molar refractivity (Wildman–Crippen MR) is 29.3 cm³/mol. The van der Waals surface area contributed by atoms with Gasteiger partial charge in [0.2, 0.25) is 0 Å². The van der Waals surface area contributed by atoms with E-state index in [2.05, 4.69) is 4.99 Å². The van der Waals surface area contributed by atoms with E-state index in [1.165, 1.54) is 6.20 Å². The maximum absolute atomic E-state index is 8.73. The molecule has 1 heterocycles. The van der Waals surface area contributed by atoms with Gasteiger partial charge in [-0.2, -0.15) is 0 Å². The van der Waals surface area contributed by atoms with Crippen LogP contribution in [0.3, 0.4) is 0 Å². The monoisotopic (exact) mass is 113 g/mol. The Labute approximate surface area is 46.9 Å². The topological polar surface area (TPSA) is 61.8 Å². The third-order valence-corrected chi connectivity index (χ3v) is 0.865. The largest absolute Gasteiger partial charge is 0.382 e. The van der Waals surface area contributed by atoms with E-state index in [0.29, 0.717) is 6.54 Å². The third-order valence-electron chi connectivity index (χ3n) is 0.865. The Morgan fingerprint density at radius 1 is 1.88 bits per heavy atom. The van der Waals surface area contributed by atoms with Crippen molar-refractivity contribution in [2.45, 2.75) is 0 Å². The van der Waals surface area contributed by atoms with Crippen LogP contribution in [0.5, 0.6) is 0 Å². The maximum Gasteiger partial charge on any atom is 0.142 e. The number of hydrogen-bond donors (Lipinski definition) is 2. The zero-order valence-electron chi connectivity index (χ0n) is 4.28. The SMILES string of the molecule is NC1=CN=CCN1O. The molecule has 0 unspecified atom stereocenters. The van der Waals surface area contributed by atoms with E-state index in [-0.39, 0.29) is 5.82 Å². The summed E-state index contributed by atoms with van der Waals surface area (Å²) in [5, 5.41) is 9.65. The number of nitrogens with two attached hydrogens (primary N) is 1. The Bertz CT molecular complexity index is 140. The highest BCUT2D eigenvalue weighted by molar-refractivity contribution is 5.61. The second kappa shape index (κ2) is 1.83. The second-order valence-corrected chi connectivity index (χ2v) is 1.47. The maximum atomic E-state index is 8.73. The molecule has 0 spiro atoms. The van der Waals surface area contributed by atoms with Crippen molar-refractivity contribution < 1.29 is 5.21 Å². The van der Waals surface area contributed by atoms with Crippen LogP contribution in [0.15, 0.2) is 17.0 Å². The van der Waals surface area contributed by atoms with Crippen molar-refractivity contribution in [1.82, 2.24) is 5.06 Å². The van der Waals surface area contributed by atoms with Crippen LogP contribution in [0.4, 0.5) is 0 Å². The molecule has 0 aliphatic carbocycles. The van der Waals surface area contributed by atoms with E-state index < -0.39 is 0 Å². The van der Waals surface area contributed by atoms with Crippen molar-refractivity contribution in [2.24, 2.45) is 10.7 Å². The lowest BCUT2D eigenvalue weighted by molar-refractivity contribution is -0.0420. The van der Waals surface area contributed by atoms with Gasteiger partial charge in [-0.15, -0.1) is 0 Å². The van der Waals surface area contributed by atoms with E-state index >= 15 is 0 Å². The summed E-state index contributed by atoms with van der Waals surface area (Å²) in [7, 11) is 0. The van der Waals surface area contributed by atoms with Crippen LogP contribution < -0.4 is 5.73 Å². The fraction of sp³-hybridized carbons (Fsp3) is 0.250. The van der Waals surface area contributed by atoms with Crippen molar-refractivity contribution in [3.05, 3.63) is 12.0 Å². The van der Waals surface area contributed by atoms with Crippen LogP contribution in [0.2, 0.25) is 0 Å². The summed E-state index contributed by atoms with van der Waals surface area (Å²) < 4.78 is 0. The van der Waals surface area contributed by atoms with Crippen LogP contribution in [0.1, 0.15) is 0 Å². The highest BCUT2D eigenvalue weighted by Crippen LogP contribution is 1.94. The minimum Gasteiger partial charge on any atom is -0.382 e. The van der Waals surface area contributed by atoms with Gasteiger partial charge in [-0.05, 0) is 0 Å². The predicted octanol–water partition coefficient (Wildman–Crippen LogP) is -0.480. The number of nitrogens with zero attached hydrogens (tertiary/aromatic N) is 2. The molecule has 0 aromatic carbocycles. The lowest BCUT2D eigenvalue weighted by atomic mass is 10.6. The molecule has 0 amide bonds. The minimum absolute atomic E-state index is 0.285. The van der Waals surface area contributed by atoms with Crippen molar-refractivity contribution in [1.29, 1.82) is 0 Å². The van der Waals surface area contributed by atoms with E-state index in [9.17, 15) is 0 Å². The van der Waals surface area contributed by atoms with Gasteiger partial charge in [0.05, 0.1) is 12.7 Å². The molecule has 44 valence electrons. The standard InChI is InChI=1S/C4H7N3O/c5-4-3-6-1-2-7(4)8/h1,3,8H,2,5H2. The second-order valence-electron chi connectivity index (χ2n) is 1.47. The number of aliphatic imine (C=N–C) groups is 1. The summed E-state index contributed by atoms with van der Waals surface area (Å²) in [6.45, 7) is 0.377. The lowest BCUT2D eigenvalue weighted by Gasteiger charge is -2.15. The first-order valence-electron chi connectivity index (χ1n) is 2.24. The molecule has 0 aromatic heterocycles. The van der Waals surface area contributed by atoms with Crippen molar-refractivity contribution in [3.8, 4) is 0 Å². The summed E-state index contributed by atoms with van der Waals surface area (Å²) in [5.41, 5.74) is 5.20. The first-order chi connectivity index (χ1) is 3.80. The normalized spacial score (nSPS) is 18.6. The molecule has 1 aliphatic rings. The van der Waals surface area contributed by atoms with Gasteiger partial charge in [0, 0.05) is 6.21 Å². The van der Waals surface area contributed by atoms with Crippen molar-refractivity contribution in [2.75, 3.05) is 6.54 Å². The molecule has 0 radical (unpaired) electrons. The summed E-state index contributed by atoms with van der Waals surface area (Å²) in [5.74, 6) is 0.285. The van der Waals surface area contributed by atoms with Crippen LogP contribution in [-0.4, -0.2) is 23.0 Å². The number of rotatable bonds is 0. The van der Waals surface area contributed by atoms with Gasteiger partial charge < -0.3 is 5.73 Å². The van der Waals surface area contributed by atoms with Crippen LogP contribution >= 0.6 is 0 Å². The van der Waals surface area contributed by atoms with E-state index in [0.717, 1.165) is 5.06 Å². The summed E-state index contributed by atoms with van der Waals surface area (Å²) in [6.07, 6.45) is 2.96. The molecule has 0 aromatic rings. The summed E-state index contributed by atoms with van der Waals surface area (Å²) >= 11 is 0. The molecular formula is C4H7N3O. The molecular weight excluding hydrogens is 106 g/mol. The Balaban J connectivity index is 2.66. The molecule has 0 atom stereocenters. The Hall–Kier alpha value is -1.03. The van der Waals surface area contributed by atoms with Gasteiger partial charge in [-0.25, -0.2) is 5.06 Å². The Morgan fingerprint density at radius 2 is 2.62 bits per heavy atom. The molecule has 0 saturated heterocycles. The fourth-order valence-electron chi connectivity index (χ4n) is 0.426. The Kier molecular flexibility index (Phi) is 1.17. The minimum atomic E-state index is 0.285. The van der Waals surface area contributed by atoms with Crippen LogP contribution in [-0.2, 0) is 0 Å². The number of hydroxylamine groups is 2. The molecule has 0 bridgehead atoms. The fourth-order valence-corrected chi connectivity index (χ4v) is 0.426. The zero-order chi connectivity index (χ0) is 5.98. The molecule has 4 heteroatoms. The quantitative estimate of drug-likeness (QED) is 0.446. The average molecular weight is 113 g/mol. The van der Waals surface area contributed by atoms with Gasteiger partial charge >= 0.3 is 0 Å². The van der Waals surface area contributed by atoms with E-state index in [1.54, 1.807) is 6.21 Å². The first kappa shape index (κ1) is 5.11. The third kappa shape index (κ3) is 0.788. The number of hydrogen-bond acceptors (Lipinski definition) is 4.